The van der Waals surface area contributed by atoms with E-state index in [4.69, 9.17) is 4.74 Å². The zero-order chi connectivity index (χ0) is 10.3. The van der Waals surface area contributed by atoms with Gasteiger partial charge in [0.2, 0.25) is 5.76 Å². The van der Waals surface area contributed by atoms with E-state index in [0.29, 0.717) is 6.61 Å². The molecule has 0 atom stereocenters. The minimum absolute atomic E-state index is 0.0307. The first-order chi connectivity index (χ1) is 6.11. The van der Waals surface area contributed by atoms with Crippen LogP contribution < -0.4 is 0 Å². The van der Waals surface area contributed by atoms with Gasteiger partial charge in [-0.25, -0.2) is 4.79 Å². The highest BCUT2D eigenvalue weighted by molar-refractivity contribution is 5.96. The highest BCUT2D eigenvalue weighted by atomic mass is 16.6. The van der Waals surface area contributed by atoms with Crippen LogP contribution in [-0.2, 0) is 19.1 Å². The van der Waals surface area contributed by atoms with Crippen molar-refractivity contribution >= 4 is 11.8 Å². The van der Waals surface area contributed by atoms with Crippen molar-refractivity contribution in [3.63, 3.8) is 0 Å². The summed E-state index contributed by atoms with van der Waals surface area (Å²) >= 11 is 0. The SMILES string of the molecule is CCOC(=O)/C(=C/C(C)=O)OCC. The average molecular weight is 186 g/mol. The molecular formula is C9H14O4. The molecule has 0 unspecified atom stereocenters. The summed E-state index contributed by atoms with van der Waals surface area (Å²) in [6.45, 7) is 5.36. The maximum atomic E-state index is 11.1. The van der Waals surface area contributed by atoms with Crippen LogP contribution in [0.2, 0.25) is 0 Å². The molecule has 0 heterocycles. The molecule has 0 bridgehead atoms. The summed E-state index contributed by atoms with van der Waals surface area (Å²) in [5.74, 6) is -0.868. The molecule has 0 aliphatic carbocycles. The van der Waals surface area contributed by atoms with Crippen molar-refractivity contribution in [1.82, 2.24) is 0 Å². The summed E-state index contributed by atoms with van der Waals surface area (Å²) in [7, 11) is 0. The lowest BCUT2D eigenvalue weighted by molar-refractivity contribution is -0.142. The first kappa shape index (κ1) is 11.7. The third kappa shape index (κ3) is 5.00. The molecule has 0 aliphatic rings. The normalized spacial score (nSPS) is 10.8. The maximum absolute atomic E-state index is 11.1. The molecule has 0 aromatic carbocycles. The van der Waals surface area contributed by atoms with Gasteiger partial charge in [0.05, 0.1) is 13.2 Å². The van der Waals surface area contributed by atoms with Gasteiger partial charge in [-0.15, -0.1) is 0 Å². The summed E-state index contributed by atoms with van der Waals surface area (Å²) in [6.07, 6.45) is 1.13. The Bertz CT molecular complexity index is 218. The number of carbonyl (C=O) groups excluding carboxylic acids is 2. The van der Waals surface area contributed by atoms with E-state index < -0.39 is 5.97 Å². The van der Waals surface area contributed by atoms with Crippen LogP contribution in [0.5, 0.6) is 0 Å². The third-order valence-corrected chi connectivity index (χ3v) is 1.11. The second-order valence-electron chi connectivity index (χ2n) is 2.27. The van der Waals surface area contributed by atoms with Crippen molar-refractivity contribution < 1.29 is 19.1 Å². The Balaban J connectivity index is 4.40. The van der Waals surface area contributed by atoms with Gasteiger partial charge in [0.15, 0.2) is 5.78 Å². The molecule has 0 amide bonds. The Morgan fingerprint density at radius 3 is 2.08 bits per heavy atom. The number of allylic oxidation sites excluding steroid dienone is 1. The zero-order valence-electron chi connectivity index (χ0n) is 8.12. The fourth-order valence-electron chi connectivity index (χ4n) is 0.702. The summed E-state index contributed by atoms with van der Waals surface area (Å²) in [4.78, 5) is 21.8. The van der Waals surface area contributed by atoms with Crippen LogP contribution in [0.1, 0.15) is 20.8 Å². The molecule has 4 heteroatoms. The standard InChI is InChI=1S/C9H14O4/c1-4-12-8(6-7(3)10)9(11)13-5-2/h6H,4-5H2,1-3H3/b8-6-. The van der Waals surface area contributed by atoms with E-state index in [1.165, 1.54) is 6.92 Å². The highest BCUT2D eigenvalue weighted by Crippen LogP contribution is 2.00. The number of rotatable bonds is 5. The van der Waals surface area contributed by atoms with E-state index in [2.05, 4.69) is 4.74 Å². The van der Waals surface area contributed by atoms with Gasteiger partial charge in [0.25, 0.3) is 0 Å². The molecule has 0 radical (unpaired) electrons. The van der Waals surface area contributed by atoms with Crippen LogP contribution in [0.4, 0.5) is 0 Å². The molecule has 0 spiro atoms. The van der Waals surface area contributed by atoms with Gasteiger partial charge < -0.3 is 9.47 Å². The molecule has 0 saturated carbocycles. The molecule has 0 aromatic rings. The molecule has 0 saturated heterocycles. The molecule has 0 fully saturated rings. The highest BCUT2D eigenvalue weighted by Gasteiger charge is 2.11. The molecule has 0 aliphatic heterocycles. The number of esters is 1. The third-order valence-electron chi connectivity index (χ3n) is 1.11. The Labute approximate surface area is 77.5 Å². The number of hydrogen-bond donors (Lipinski definition) is 0. The lowest BCUT2D eigenvalue weighted by atomic mass is 10.3. The van der Waals surface area contributed by atoms with Crippen LogP contribution in [0.3, 0.4) is 0 Å². The molecular weight excluding hydrogens is 172 g/mol. The first-order valence-corrected chi connectivity index (χ1v) is 4.14. The second-order valence-corrected chi connectivity index (χ2v) is 2.27. The lowest BCUT2D eigenvalue weighted by Crippen LogP contribution is -2.11. The van der Waals surface area contributed by atoms with E-state index >= 15 is 0 Å². The minimum Gasteiger partial charge on any atom is -0.487 e. The number of ketones is 1. The molecule has 0 N–H and O–H groups in total. The average Bonchev–Trinajstić information content (AvgIpc) is 2.03. The number of carbonyl (C=O) groups is 2. The van der Waals surface area contributed by atoms with E-state index in [0.717, 1.165) is 6.08 Å². The van der Waals surface area contributed by atoms with Gasteiger partial charge in [-0.05, 0) is 20.8 Å². The molecule has 13 heavy (non-hydrogen) atoms. The number of hydrogen-bond acceptors (Lipinski definition) is 4. The van der Waals surface area contributed by atoms with E-state index in [1.54, 1.807) is 13.8 Å². The van der Waals surface area contributed by atoms with E-state index in [1.807, 2.05) is 0 Å². The Morgan fingerprint density at radius 2 is 1.69 bits per heavy atom. The summed E-state index contributed by atoms with van der Waals surface area (Å²) in [5.41, 5.74) is 0. The van der Waals surface area contributed by atoms with Crippen LogP contribution in [0, 0.1) is 0 Å². The fourth-order valence-corrected chi connectivity index (χ4v) is 0.702. The van der Waals surface area contributed by atoms with Gasteiger partial charge >= 0.3 is 5.97 Å². The second kappa shape index (κ2) is 6.22. The van der Waals surface area contributed by atoms with Crippen LogP contribution in [0.25, 0.3) is 0 Å². The fraction of sp³-hybridized carbons (Fsp3) is 0.556. The Hall–Kier alpha value is -1.32. The molecule has 0 aromatic heterocycles. The summed E-state index contributed by atoms with van der Waals surface area (Å²) < 4.78 is 9.61. The zero-order valence-corrected chi connectivity index (χ0v) is 8.12. The number of ether oxygens (including phenoxy) is 2. The van der Waals surface area contributed by atoms with Gasteiger partial charge in [0, 0.05) is 6.08 Å². The summed E-state index contributed by atoms with van der Waals surface area (Å²) in [6, 6.07) is 0. The largest absolute Gasteiger partial charge is 0.487 e. The van der Waals surface area contributed by atoms with Crippen molar-refractivity contribution in [2.75, 3.05) is 13.2 Å². The minimum atomic E-state index is -0.598. The Kier molecular flexibility index (Phi) is 5.59. The lowest BCUT2D eigenvalue weighted by Gasteiger charge is -2.06. The van der Waals surface area contributed by atoms with E-state index in [9.17, 15) is 9.59 Å². The monoisotopic (exact) mass is 186 g/mol. The van der Waals surface area contributed by atoms with Crippen molar-refractivity contribution in [1.29, 1.82) is 0 Å². The topological polar surface area (TPSA) is 52.6 Å². The smallest absolute Gasteiger partial charge is 0.373 e. The Morgan fingerprint density at radius 1 is 1.15 bits per heavy atom. The molecule has 0 rings (SSSR count). The van der Waals surface area contributed by atoms with Gasteiger partial charge in [-0.2, -0.15) is 0 Å². The van der Waals surface area contributed by atoms with Crippen molar-refractivity contribution in [3.8, 4) is 0 Å². The van der Waals surface area contributed by atoms with Crippen molar-refractivity contribution in [2.45, 2.75) is 20.8 Å². The van der Waals surface area contributed by atoms with Gasteiger partial charge in [-0.1, -0.05) is 0 Å². The quantitative estimate of drug-likeness (QED) is 0.366. The summed E-state index contributed by atoms with van der Waals surface area (Å²) in [5, 5.41) is 0. The predicted molar refractivity (Wildman–Crippen MR) is 47.0 cm³/mol. The van der Waals surface area contributed by atoms with E-state index in [-0.39, 0.29) is 18.1 Å². The predicted octanol–water partition coefficient (Wildman–Crippen LogP) is 1.06. The first-order valence-electron chi connectivity index (χ1n) is 4.14. The van der Waals surface area contributed by atoms with Gasteiger partial charge in [0.1, 0.15) is 0 Å². The maximum Gasteiger partial charge on any atom is 0.373 e. The van der Waals surface area contributed by atoms with Crippen molar-refractivity contribution in [3.05, 3.63) is 11.8 Å². The molecule has 74 valence electrons. The van der Waals surface area contributed by atoms with Crippen LogP contribution in [0.15, 0.2) is 11.8 Å². The van der Waals surface area contributed by atoms with Crippen LogP contribution in [-0.4, -0.2) is 25.0 Å². The molecule has 4 nitrogen and oxygen atoms in total. The van der Waals surface area contributed by atoms with Crippen LogP contribution >= 0.6 is 0 Å². The van der Waals surface area contributed by atoms with Crippen molar-refractivity contribution in [2.24, 2.45) is 0 Å². The van der Waals surface area contributed by atoms with Gasteiger partial charge in [-0.3, -0.25) is 4.79 Å².